The van der Waals surface area contributed by atoms with E-state index in [0.29, 0.717) is 23.6 Å². The van der Waals surface area contributed by atoms with E-state index in [-0.39, 0.29) is 29.7 Å². The second kappa shape index (κ2) is 8.57. The van der Waals surface area contributed by atoms with Crippen molar-refractivity contribution >= 4 is 23.4 Å². The van der Waals surface area contributed by atoms with Gasteiger partial charge in [0.1, 0.15) is 0 Å². The molecule has 6 nitrogen and oxygen atoms in total. The van der Waals surface area contributed by atoms with Gasteiger partial charge in [0.15, 0.2) is 0 Å². The van der Waals surface area contributed by atoms with Crippen LogP contribution in [-0.2, 0) is 4.79 Å². The Kier molecular flexibility index (Phi) is 5.39. The highest BCUT2D eigenvalue weighted by molar-refractivity contribution is 6.24. The summed E-state index contributed by atoms with van der Waals surface area (Å²) in [4.78, 5) is 45.1. The first kappa shape index (κ1) is 21.4. The number of carbonyl (C=O) groups is 3. The Morgan fingerprint density at radius 1 is 0.794 bits per heavy atom. The maximum absolute atomic E-state index is 13.4. The Labute approximate surface area is 200 Å². The maximum Gasteiger partial charge on any atom is 0.263 e. The van der Waals surface area contributed by atoms with Gasteiger partial charge in [0.25, 0.3) is 11.8 Å². The molecule has 3 aliphatic heterocycles. The van der Waals surface area contributed by atoms with Gasteiger partial charge >= 0.3 is 0 Å². The van der Waals surface area contributed by atoms with Crippen LogP contribution in [0.2, 0.25) is 0 Å². The van der Waals surface area contributed by atoms with Crippen LogP contribution < -0.4 is 4.90 Å². The Morgan fingerprint density at radius 2 is 1.56 bits per heavy atom. The number of fused-ring (bicyclic) bond motifs is 1. The van der Waals surface area contributed by atoms with E-state index >= 15 is 0 Å². The third-order valence-corrected chi connectivity index (χ3v) is 8.03. The predicted molar refractivity (Wildman–Crippen MR) is 130 cm³/mol. The zero-order chi connectivity index (χ0) is 23.2. The van der Waals surface area contributed by atoms with E-state index in [1.165, 1.54) is 10.5 Å². The average molecular weight is 458 g/mol. The van der Waals surface area contributed by atoms with Crippen LogP contribution in [0.5, 0.6) is 0 Å². The Balaban J connectivity index is 1.15. The summed E-state index contributed by atoms with van der Waals surface area (Å²) < 4.78 is 0. The summed E-state index contributed by atoms with van der Waals surface area (Å²) in [5.74, 6) is 0.387. The van der Waals surface area contributed by atoms with E-state index in [2.05, 4.69) is 29.2 Å². The minimum atomic E-state index is -0.158. The number of hydrogen-bond acceptors (Lipinski definition) is 4. The van der Waals surface area contributed by atoms with Gasteiger partial charge < -0.3 is 9.80 Å². The smallest absolute Gasteiger partial charge is 0.263 e. The first-order valence-electron chi connectivity index (χ1n) is 12.7. The van der Waals surface area contributed by atoms with E-state index in [9.17, 15) is 14.4 Å². The molecule has 1 atom stereocenters. The molecule has 0 spiro atoms. The largest absolute Gasteiger partial charge is 0.370 e. The number of nitrogens with zero attached hydrogens (tertiary/aromatic N) is 3. The zero-order valence-corrected chi connectivity index (χ0v) is 19.5. The lowest BCUT2D eigenvalue weighted by Gasteiger charge is -2.39. The first-order chi connectivity index (χ1) is 16.6. The fraction of sp³-hybridized carbons (Fsp3) is 0.464. The maximum atomic E-state index is 13.4. The van der Waals surface area contributed by atoms with Crippen LogP contribution in [-0.4, -0.2) is 59.7 Å². The summed E-state index contributed by atoms with van der Waals surface area (Å²) in [5, 5.41) is 0. The van der Waals surface area contributed by atoms with Crippen molar-refractivity contribution in [1.29, 1.82) is 0 Å². The quantitative estimate of drug-likeness (QED) is 0.650. The van der Waals surface area contributed by atoms with Gasteiger partial charge in [-0.3, -0.25) is 19.3 Å². The number of carbonyl (C=O) groups excluding carboxylic acids is 3. The molecule has 0 bridgehead atoms. The Morgan fingerprint density at radius 3 is 2.29 bits per heavy atom. The molecule has 0 N–H and O–H groups in total. The lowest BCUT2D eigenvalue weighted by Crippen LogP contribution is -2.47. The number of amides is 3. The third-order valence-electron chi connectivity index (χ3n) is 8.03. The normalized spacial score (nSPS) is 23.4. The standard InChI is InChI=1S/C28H31N3O3/c32-26(29-16-13-20(14-17-29)19-6-2-1-3-7-19)21-8-5-15-30(18-21)24-10-4-9-23-25(24)28(34)31(27(23)33)22-11-12-22/h1-4,6-7,9-10,20-22H,5,8,11-18H2/t21-/m0/s1. The predicted octanol–water partition coefficient (Wildman–Crippen LogP) is 4.07. The van der Waals surface area contributed by atoms with Gasteiger partial charge in [-0.15, -0.1) is 0 Å². The molecule has 3 fully saturated rings. The molecule has 1 saturated carbocycles. The molecular weight excluding hydrogens is 426 g/mol. The monoisotopic (exact) mass is 457 g/mol. The van der Waals surface area contributed by atoms with Crippen molar-refractivity contribution in [2.24, 2.45) is 5.92 Å². The van der Waals surface area contributed by atoms with Crippen molar-refractivity contribution in [3.05, 3.63) is 65.2 Å². The number of piperidine rings is 2. The SMILES string of the molecule is O=C([C@H]1CCCN(c2cccc3c2C(=O)N(C2CC2)C3=O)C1)N1CCC(c2ccccc2)CC1. The molecule has 176 valence electrons. The van der Waals surface area contributed by atoms with Gasteiger partial charge in [-0.1, -0.05) is 36.4 Å². The highest BCUT2D eigenvalue weighted by Crippen LogP contribution is 2.39. The van der Waals surface area contributed by atoms with E-state index < -0.39 is 0 Å². The molecular formula is C28H31N3O3. The molecule has 1 aliphatic carbocycles. The van der Waals surface area contributed by atoms with Gasteiger partial charge in [0, 0.05) is 32.2 Å². The molecule has 3 heterocycles. The fourth-order valence-electron chi connectivity index (χ4n) is 6.03. The van der Waals surface area contributed by atoms with Gasteiger partial charge in [-0.05, 0) is 62.1 Å². The minimum Gasteiger partial charge on any atom is -0.370 e. The summed E-state index contributed by atoms with van der Waals surface area (Å²) in [6.45, 7) is 3.03. The van der Waals surface area contributed by atoms with Gasteiger partial charge in [0.05, 0.1) is 22.7 Å². The van der Waals surface area contributed by atoms with Crippen molar-refractivity contribution in [2.75, 3.05) is 31.1 Å². The third kappa shape index (κ3) is 3.69. The van der Waals surface area contributed by atoms with Crippen molar-refractivity contribution in [2.45, 2.75) is 50.5 Å². The number of likely N-dealkylation sites (tertiary alicyclic amines) is 1. The molecule has 6 heteroatoms. The van der Waals surface area contributed by atoms with Crippen molar-refractivity contribution < 1.29 is 14.4 Å². The molecule has 4 aliphatic rings. The Bertz CT molecular complexity index is 1120. The summed E-state index contributed by atoms with van der Waals surface area (Å²) in [7, 11) is 0. The molecule has 3 amide bonds. The lowest BCUT2D eigenvalue weighted by molar-refractivity contribution is -0.136. The highest BCUT2D eigenvalue weighted by atomic mass is 16.2. The van der Waals surface area contributed by atoms with Crippen molar-refractivity contribution in [3.8, 4) is 0 Å². The van der Waals surface area contributed by atoms with E-state index in [4.69, 9.17) is 0 Å². The second-order valence-electron chi connectivity index (χ2n) is 10.2. The van der Waals surface area contributed by atoms with Crippen LogP contribution in [0.1, 0.15) is 70.7 Å². The topological polar surface area (TPSA) is 60.9 Å². The lowest BCUT2D eigenvalue weighted by atomic mass is 9.88. The number of anilines is 1. The van der Waals surface area contributed by atoms with E-state index in [0.717, 1.165) is 63.8 Å². The van der Waals surface area contributed by atoms with Crippen LogP contribution in [0, 0.1) is 5.92 Å². The first-order valence-corrected chi connectivity index (χ1v) is 12.7. The van der Waals surface area contributed by atoms with E-state index in [1.807, 2.05) is 23.1 Å². The van der Waals surface area contributed by atoms with Crippen LogP contribution in [0.25, 0.3) is 0 Å². The van der Waals surface area contributed by atoms with Crippen LogP contribution in [0.4, 0.5) is 5.69 Å². The van der Waals surface area contributed by atoms with Crippen LogP contribution in [0.3, 0.4) is 0 Å². The zero-order valence-electron chi connectivity index (χ0n) is 19.5. The molecule has 2 aromatic rings. The molecule has 0 unspecified atom stereocenters. The number of benzene rings is 2. The molecule has 34 heavy (non-hydrogen) atoms. The number of imide groups is 1. The summed E-state index contributed by atoms with van der Waals surface area (Å²) in [6.07, 6.45) is 5.61. The van der Waals surface area contributed by atoms with Crippen LogP contribution in [0.15, 0.2) is 48.5 Å². The van der Waals surface area contributed by atoms with Crippen LogP contribution >= 0.6 is 0 Å². The summed E-state index contributed by atoms with van der Waals surface area (Å²) in [6, 6.07) is 16.3. The molecule has 6 rings (SSSR count). The molecule has 0 aromatic heterocycles. The average Bonchev–Trinajstić information content (AvgIpc) is 3.70. The molecule has 0 radical (unpaired) electrons. The highest BCUT2D eigenvalue weighted by Gasteiger charge is 2.46. The summed E-state index contributed by atoms with van der Waals surface area (Å²) >= 11 is 0. The number of hydrogen-bond donors (Lipinski definition) is 0. The summed E-state index contributed by atoms with van der Waals surface area (Å²) in [5.41, 5.74) is 3.25. The van der Waals surface area contributed by atoms with Crippen molar-refractivity contribution in [1.82, 2.24) is 9.80 Å². The second-order valence-corrected chi connectivity index (χ2v) is 10.2. The van der Waals surface area contributed by atoms with Gasteiger partial charge in [-0.25, -0.2) is 0 Å². The van der Waals surface area contributed by atoms with Crippen molar-refractivity contribution in [3.63, 3.8) is 0 Å². The van der Waals surface area contributed by atoms with E-state index in [1.54, 1.807) is 6.07 Å². The van der Waals surface area contributed by atoms with Gasteiger partial charge in [0.2, 0.25) is 5.91 Å². The molecule has 2 saturated heterocycles. The van der Waals surface area contributed by atoms with Gasteiger partial charge in [-0.2, -0.15) is 0 Å². The fourth-order valence-corrected chi connectivity index (χ4v) is 6.03. The number of rotatable bonds is 4. The minimum absolute atomic E-state index is 0.0646. The molecule has 2 aromatic carbocycles. The Hall–Kier alpha value is -3.15.